The van der Waals surface area contributed by atoms with E-state index < -0.39 is 0 Å². The van der Waals surface area contributed by atoms with Gasteiger partial charge in [-0.15, -0.1) is 0 Å². The molecule has 0 amide bonds. The summed E-state index contributed by atoms with van der Waals surface area (Å²) in [5.41, 5.74) is 1.03. The van der Waals surface area contributed by atoms with Crippen molar-refractivity contribution in [2.45, 2.75) is 12.5 Å². The molecule has 1 N–H and O–H groups in total. The van der Waals surface area contributed by atoms with Crippen LogP contribution in [0, 0.1) is 0 Å². The highest BCUT2D eigenvalue weighted by Crippen LogP contribution is 2.16. The lowest BCUT2D eigenvalue weighted by atomic mass is 10.1. The fourth-order valence-electron chi connectivity index (χ4n) is 2.72. The van der Waals surface area contributed by atoms with Gasteiger partial charge in [0, 0.05) is 45.8 Å². The number of hydrogen-bond acceptors (Lipinski definition) is 4. The zero-order valence-corrected chi connectivity index (χ0v) is 13.4. The van der Waals surface area contributed by atoms with Gasteiger partial charge in [-0.2, -0.15) is 0 Å². The monoisotopic (exact) mass is 291 g/mol. The van der Waals surface area contributed by atoms with Crippen molar-refractivity contribution in [1.82, 2.24) is 14.7 Å². The van der Waals surface area contributed by atoms with Gasteiger partial charge in [-0.3, -0.25) is 4.90 Å². The molecule has 1 aromatic carbocycles. The summed E-state index contributed by atoms with van der Waals surface area (Å²) in [5, 5.41) is 10.2. The highest BCUT2D eigenvalue weighted by molar-refractivity contribution is 5.17. The Morgan fingerprint density at radius 1 is 1.00 bits per heavy atom. The summed E-state index contributed by atoms with van der Waals surface area (Å²) < 4.78 is 0. The van der Waals surface area contributed by atoms with Crippen molar-refractivity contribution in [1.29, 1.82) is 0 Å². The van der Waals surface area contributed by atoms with Crippen LogP contribution in [-0.2, 0) is 0 Å². The van der Waals surface area contributed by atoms with E-state index in [4.69, 9.17) is 0 Å². The van der Waals surface area contributed by atoms with Crippen LogP contribution in [0.1, 0.15) is 18.1 Å². The molecule has 0 bridgehead atoms. The van der Waals surface area contributed by atoms with Crippen molar-refractivity contribution in [3.05, 3.63) is 35.9 Å². The molecule has 1 aliphatic rings. The molecule has 1 fully saturated rings. The molecule has 1 aliphatic heterocycles. The number of nitrogens with zero attached hydrogens (tertiary/aromatic N) is 3. The Morgan fingerprint density at radius 3 is 2.14 bits per heavy atom. The first-order chi connectivity index (χ1) is 10.1. The minimum atomic E-state index is -0.335. The minimum Gasteiger partial charge on any atom is -0.388 e. The molecule has 1 heterocycles. The summed E-state index contributed by atoms with van der Waals surface area (Å²) in [6.07, 6.45) is 0.486. The molecule has 1 saturated heterocycles. The van der Waals surface area contributed by atoms with Crippen molar-refractivity contribution in [3.8, 4) is 0 Å². The van der Waals surface area contributed by atoms with Crippen LogP contribution in [0.15, 0.2) is 30.3 Å². The topological polar surface area (TPSA) is 30.0 Å². The Bertz CT molecular complexity index is 388. The van der Waals surface area contributed by atoms with Gasteiger partial charge in [0.2, 0.25) is 0 Å². The van der Waals surface area contributed by atoms with Gasteiger partial charge < -0.3 is 14.9 Å². The van der Waals surface area contributed by atoms with Gasteiger partial charge in [0.1, 0.15) is 0 Å². The number of likely N-dealkylation sites (N-methyl/N-ethyl adjacent to an activating group) is 1. The zero-order valence-electron chi connectivity index (χ0n) is 13.4. The Kier molecular flexibility index (Phi) is 6.64. The van der Waals surface area contributed by atoms with Crippen LogP contribution < -0.4 is 0 Å². The SMILES string of the molecule is CN(C)CCN1CCN(CCC(O)c2ccccc2)CC1. The normalized spacial score (nSPS) is 19.0. The number of aliphatic hydroxyl groups excluding tert-OH is 1. The summed E-state index contributed by atoms with van der Waals surface area (Å²) in [6.45, 7) is 7.81. The van der Waals surface area contributed by atoms with E-state index in [1.54, 1.807) is 0 Å². The molecule has 0 aliphatic carbocycles. The summed E-state index contributed by atoms with van der Waals surface area (Å²) >= 11 is 0. The standard InChI is InChI=1S/C17H29N3O/c1-18(2)10-11-20-14-12-19(13-15-20)9-8-17(21)16-6-4-3-5-7-16/h3-7,17,21H,8-15H2,1-2H3. The number of rotatable bonds is 7. The van der Waals surface area contributed by atoms with Crippen LogP contribution in [-0.4, -0.2) is 79.7 Å². The van der Waals surface area contributed by atoms with E-state index in [9.17, 15) is 5.11 Å². The summed E-state index contributed by atoms with van der Waals surface area (Å²) in [4.78, 5) is 7.24. The van der Waals surface area contributed by atoms with Crippen LogP contribution in [0.3, 0.4) is 0 Å². The number of piperazine rings is 1. The maximum Gasteiger partial charge on any atom is 0.0802 e. The van der Waals surface area contributed by atoms with Crippen molar-refractivity contribution < 1.29 is 5.11 Å². The minimum absolute atomic E-state index is 0.335. The molecule has 4 nitrogen and oxygen atoms in total. The van der Waals surface area contributed by atoms with Crippen molar-refractivity contribution in [3.63, 3.8) is 0 Å². The summed E-state index contributed by atoms with van der Waals surface area (Å²) in [7, 11) is 4.25. The third kappa shape index (κ3) is 5.75. The van der Waals surface area contributed by atoms with Gasteiger partial charge in [-0.05, 0) is 26.1 Å². The smallest absolute Gasteiger partial charge is 0.0802 e. The molecule has 0 saturated carbocycles. The molecule has 0 radical (unpaired) electrons. The van der Waals surface area contributed by atoms with Crippen LogP contribution >= 0.6 is 0 Å². The van der Waals surface area contributed by atoms with Crippen molar-refractivity contribution in [2.75, 3.05) is 59.9 Å². The second-order valence-electron chi connectivity index (χ2n) is 6.20. The Hall–Kier alpha value is -0.940. The van der Waals surface area contributed by atoms with E-state index in [0.717, 1.165) is 57.8 Å². The molecule has 0 aromatic heterocycles. The first-order valence-electron chi connectivity index (χ1n) is 7.97. The molecule has 2 rings (SSSR count). The first kappa shape index (κ1) is 16.4. The zero-order chi connectivity index (χ0) is 15.1. The molecule has 0 spiro atoms. The fraction of sp³-hybridized carbons (Fsp3) is 0.647. The molecule has 4 heteroatoms. The van der Waals surface area contributed by atoms with Crippen LogP contribution in [0.4, 0.5) is 0 Å². The molecule has 21 heavy (non-hydrogen) atoms. The van der Waals surface area contributed by atoms with Crippen molar-refractivity contribution >= 4 is 0 Å². The lowest BCUT2D eigenvalue weighted by Gasteiger charge is -2.35. The third-order valence-corrected chi connectivity index (χ3v) is 4.23. The lowest BCUT2D eigenvalue weighted by Crippen LogP contribution is -2.48. The second kappa shape index (κ2) is 8.49. The number of aliphatic hydroxyl groups is 1. The number of benzene rings is 1. The highest BCUT2D eigenvalue weighted by atomic mass is 16.3. The molecular weight excluding hydrogens is 262 g/mol. The highest BCUT2D eigenvalue weighted by Gasteiger charge is 2.17. The predicted octanol–water partition coefficient (Wildman–Crippen LogP) is 1.29. The van der Waals surface area contributed by atoms with E-state index in [2.05, 4.69) is 28.8 Å². The van der Waals surface area contributed by atoms with E-state index >= 15 is 0 Å². The van der Waals surface area contributed by atoms with Gasteiger partial charge >= 0.3 is 0 Å². The quantitative estimate of drug-likeness (QED) is 0.820. The Labute approximate surface area is 129 Å². The summed E-state index contributed by atoms with van der Waals surface area (Å²) in [6, 6.07) is 9.97. The van der Waals surface area contributed by atoms with E-state index in [0.29, 0.717) is 0 Å². The fourth-order valence-corrected chi connectivity index (χ4v) is 2.72. The van der Waals surface area contributed by atoms with E-state index in [1.807, 2.05) is 30.3 Å². The average molecular weight is 291 g/mol. The lowest BCUT2D eigenvalue weighted by molar-refractivity contribution is 0.0991. The van der Waals surface area contributed by atoms with Gasteiger partial charge in [0.25, 0.3) is 0 Å². The molecule has 1 unspecified atom stereocenters. The van der Waals surface area contributed by atoms with Gasteiger partial charge in [0.05, 0.1) is 6.10 Å². The molecule has 1 atom stereocenters. The number of hydrogen-bond donors (Lipinski definition) is 1. The maximum absolute atomic E-state index is 10.2. The van der Waals surface area contributed by atoms with Crippen LogP contribution in [0.2, 0.25) is 0 Å². The molecule has 118 valence electrons. The van der Waals surface area contributed by atoms with E-state index in [-0.39, 0.29) is 6.10 Å². The van der Waals surface area contributed by atoms with Gasteiger partial charge in [-0.1, -0.05) is 30.3 Å². The second-order valence-corrected chi connectivity index (χ2v) is 6.20. The van der Waals surface area contributed by atoms with Crippen LogP contribution in [0.25, 0.3) is 0 Å². The Balaban J connectivity index is 1.65. The van der Waals surface area contributed by atoms with Gasteiger partial charge in [-0.25, -0.2) is 0 Å². The largest absolute Gasteiger partial charge is 0.388 e. The van der Waals surface area contributed by atoms with Crippen LogP contribution in [0.5, 0.6) is 0 Å². The van der Waals surface area contributed by atoms with Gasteiger partial charge in [0.15, 0.2) is 0 Å². The van der Waals surface area contributed by atoms with Crippen molar-refractivity contribution in [2.24, 2.45) is 0 Å². The van der Waals surface area contributed by atoms with E-state index in [1.165, 1.54) is 0 Å². The predicted molar refractivity (Wildman–Crippen MR) is 87.5 cm³/mol. The first-order valence-corrected chi connectivity index (χ1v) is 7.97. The Morgan fingerprint density at radius 2 is 1.57 bits per heavy atom. The third-order valence-electron chi connectivity index (χ3n) is 4.23. The maximum atomic E-state index is 10.2. The molecule has 1 aromatic rings. The summed E-state index contributed by atoms with van der Waals surface area (Å²) in [5.74, 6) is 0. The average Bonchev–Trinajstić information content (AvgIpc) is 2.52. The molecular formula is C17H29N3O.